The van der Waals surface area contributed by atoms with Crippen molar-refractivity contribution in [3.8, 4) is 0 Å². The first-order valence-corrected chi connectivity index (χ1v) is 4.65. The van der Waals surface area contributed by atoms with E-state index in [0.717, 1.165) is 12.8 Å². The van der Waals surface area contributed by atoms with Crippen molar-refractivity contribution in [2.75, 3.05) is 0 Å². The smallest absolute Gasteiger partial charge is 0.306 e. The van der Waals surface area contributed by atoms with E-state index >= 15 is 0 Å². The summed E-state index contributed by atoms with van der Waals surface area (Å²) in [5.74, 6) is -0.000625. The molecule has 2 fully saturated rings. The Balaban J connectivity index is 2.37. The van der Waals surface area contributed by atoms with Crippen LogP contribution in [0.25, 0.3) is 0 Å². The molecule has 0 amide bonds. The van der Waals surface area contributed by atoms with Crippen LogP contribution in [-0.2, 0) is 9.53 Å². The number of ether oxygens (including phenoxy) is 1. The van der Waals surface area contributed by atoms with Crippen molar-refractivity contribution in [3.05, 3.63) is 0 Å². The van der Waals surface area contributed by atoms with Crippen LogP contribution in [-0.4, -0.2) is 12.1 Å². The van der Waals surface area contributed by atoms with E-state index in [4.69, 9.17) is 4.74 Å². The molecular formula is C10H16O2. The van der Waals surface area contributed by atoms with Crippen LogP contribution in [0.1, 0.15) is 40.0 Å². The summed E-state index contributed by atoms with van der Waals surface area (Å²) in [6, 6.07) is 0. The lowest BCUT2D eigenvalue weighted by molar-refractivity contribution is -0.171. The van der Waals surface area contributed by atoms with Crippen LogP contribution >= 0.6 is 0 Å². The molecule has 0 spiro atoms. The van der Waals surface area contributed by atoms with Crippen LogP contribution < -0.4 is 0 Å². The highest BCUT2D eigenvalue weighted by molar-refractivity contribution is 5.72. The molecule has 0 aromatic rings. The molecule has 1 aliphatic heterocycles. The molecule has 1 heterocycles. The molecule has 2 heteroatoms. The van der Waals surface area contributed by atoms with Gasteiger partial charge in [0.2, 0.25) is 0 Å². The van der Waals surface area contributed by atoms with Crippen molar-refractivity contribution in [3.63, 3.8) is 0 Å². The van der Waals surface area contributed by atoms with E-state index in [1.54, 1.807) is 0 Å². The topological polar surface area (TPSA) is 26.3 Å². The summed E-state index contributed by atoms with van der Waals surface area (Å²) in [7, 11) is 0. The van der Waals surface area contributed by atoms with E-state index in [1.807, 2.05) is 0 Å². The summed E-state index contributed by atoms with van der Waals surface area (Å²) in [5, 5.41) is 0. The second kappa shape index (κ2) is 2.04. The van der Waals surface area contributed by atoms with Gasteiger partial charge in [-0.1, -0.05) is 20.8 Å². The minimum Gasteiger partial charge on any atom is -0.462 e. The molecule has 0 aromatic carbocycles. The number of hydrogen-bond acceptors (Lipinski definition) is 2. The standard InChI is InChI=1S/C10H16O2/c1-9(2)7-4-5-10(9,3)6-8(11)12-7/h7H,4-6H2,1-3H3/t7-,10-/m0/s1. The molecule has 2 atom stereocenters. The fourth-order valence-electron chi connectivity index (χ4n) is 2.56. The first-order chi connectivity index (χ1) is 5.46. The fraction of sp³-hybridized carbons (Fsp3) is 0.900. The van der Waals surface area contributed by atoms with Gasteiger partial charge in [0, 0.05) is 5.41 Å². The van der Waals surface area contributed by atoms with E-state index in [2.05, 4.69) is 20.8 Å². The predicted molar refractivity (Wildman–Crippen MR) is 45.6 cm³/mol. The van der Waals surface area contributed by atoms with Gasteiger partial charge in [-0.3, -0.25) is 4.79 Å². The van der Waals surface area contributed by atoms with Crippen molar-refractivity contribution in [1.82, 2.24) is 0 Å². The van der Waals surface area contributed by atoms with Crippen LogP contribution in [0.4, 0.5) is 0 Å². The van der Waals surface area contributed by atoms with Gasteiger partial charge >= 0.3 is 5.97 Å². The Hall–Kier alpha value is -0.530. The number of hydrogen-bond donors (Lipinski definition) is 0. The lowest BCUT2D eigenvalue weighted by Gasteiger charge is -2.44. The van der Waals surface area contributed by atoms with Crippen molar-refractivity contribution < 1.29 is 9.53 Å². The summed E-state index contributed by atoms with van der Waals surface area (Å²) in [4.78, 5) is 11.2. The zero-order valence-electron chi connectivity index (χ0n) is 8.02. The summed E-state index contributed by atoms with van der Waals surface area (Å²) < 4.78 is 5.32. The Bertz CT molecular complexity index is 232. The molecule has 1 saturated heterocycles. The van der Waals surface area contributed by atoms with Gasteiger partial charge < -0.3 is 4.74 Å². The largest absolute Gasteiger partial charge is 0.462 e. The maximum Gasteiger partial charge on any atom is 0.306 e. The van der Waals surface area contributed by atoms with Gasteiger partial charge in [0.05, 0.1) is 6.42 Å². The first-order valence-electron chi connectivity index (χ1n) is 4.65. The average Bonchev–Trinajstić information content (AvgIpc) is 2.16. The molecule has 1 saturated carbocycles. The SMILES string of the molecule is CC1(C)[C@@H]2CC[C@@]1(C)CC(=O)O2. The van der Waals surface area contributed by atoms with Crippen LogP contribution in [0.5, 0.6) is 0 Å². The van der Waals surface area contributed by atoms with E-state index in [1.165, 1.54) is 0 Å². The number of carbonyl (C=O) groups is 1. The van der Waals surface area contributed by atoms with Gasteiger partial charge in [-0.15, -0.1) is 0 Å². The molecule has 0 N–H and O–H groups in total. The predicted octanol–water partition coefficient (Wildman–Crippen LogP) is 2.13. The van der Waals surface area contributed by atoms with Crippen molar-refractivity contribution in [2.45, 2.75) is 46.1 Å². The Morgan fingerprint density at radius 3 is 2.67 bits per heavy atom. The first kappa shape index (κ1) is 8.09. The minimum absolute atomic E-state index is 0.000625. The third-order valence-corrected chi connectivity index (χ3v) is 4.13. The lowest BCUT2D eigenvalue weighted by atomic mass is 9.65. The van der Waals surface area contributed by atoms with Gasteiger partial charge in [-0.05, 0) is 18.3 Å². The van der Waals surface area contributed by atoms with E-state index in [9.17, 15) is 4.79 Å². The summed E-state index contributed by atoms with van der Waals surface area (Å²) >= 11 is 0. The normalized spacial score (nSPS) is 44.2. The average molecular weight is 168 g/mol. The monoisotopic (exact) mass is 168 g/mol. The molecule has 2 bridgehead atoms. The van der Waals surface area contributed by atoms with Crippen molar-refractivity contribution >= 4 is 5.97 Å². The van der Waals surface area contributed by atoms with Gasteiger partial charge in [0.15, 0.2) is 0 Å². The van der Waals surface area contributed by atoms with Crippen LogP contribution in [0, 0.1) is 10.8 Å². The second-order valence-electron chi connectivity index (χ2n) is 4.98. The fourth-order valence-corrected chi connectivity index (χ4v) is 2.56. The van der Waals surface area contributed by atoms with Crippen LogP contribution in [0.3, 0.4) is 0 Å². The van der Waals surface area contributed by atoms with Gasteiger partial charge in [-0.25, -0.2) is 0 Å². The highest BCUT2D eigenvalue weighted by Gasteiger charge is 2.57. The molecular weight excluding hydrogens is 152 g/mol. The Morgan fingerprint density at radius 2 is 2.08 bits per heavy atom. The molecule has 12 heavy (non-hydrogen) atoms. The summed E-state index contributed by atoms with van der Waals surface area (Å²) in [6.45, 7) is 6.65. The number of rotatable bonds is 0. The molecule has 68 valence electrons. The van der Waals surface area contributed by atoms with Gasteiger partial charge in [0.25, 0.3) is 0 Å². The Morgan fingerprint density at radius 1 is 1.42 bits per heavy atom. The van der Waals surface area contributed by atoms with E-state index in [-0.39, 0.29) is 22.9 Å². The van der Waals surface area contributed by atoms with Crippen molar-refractivity contribution in [1.29, 1.82) is 0 Å². The molecule has 1 aliphatic carbocycles. The third-order valence-electron chi connectivity index (χ3n) is 4.13. The molecule has 2 nitrogen and oxygen atoms in total. The molecule has 0 radical (unpaired) electrons. The summed E-state index contributed by atoms with van der Waals surface area (Å²) in [6.07, 6.45) is 2.96. The minimum atomic E-state index is -0.000625. The second-order valence-corrected chi connectivity index (χ2v) is 4.98. The van der Waals surface area contributed by atoms with E-state index in [0.29, 0.717) is 6.42 Å². The number of carbonyl (C=O) groups excluding carboxylic acids is 1. The summed E-state index contributed by atoms with van der Waals surface area (Å²) in [5.41, 5.74) is 0.369. The lowest BCUT2D eigenvalue weighted by Crippen LogP contribution is -2.45. The zero-order chi connectivity index (χ0) is 8.98. The number of esters is 1. The van der Waals surface area contributed by atoms with Gasteiger partial charge in [-0.2, -0.15) is 0 Å². The molecule has 2 rings (SSSR count). The molecule has 0 aromatic heterocycles. The third kappa shape index (κ3) is 0.782. The molecule has 2 aliphatic rings. The quantitative estimate of drug-likeness (QED) is 0.518. The van der Waals surface area contributed by atoms with Crippen LogP contribution in [0.15, 0.2) is 0 Å². The Kier molecular flexibility index (Phi) is 1.37. The Labute approximate surface area is 73.3 Å². The highest BCUT2D eigenvalue weighted by atomic mass is 16.5. The highest BCUT2D eigenvalue weighted by Crippen LogP contribution is 2.58. The molecule has 0 unspecified atom stereocenters. The zero-order valence-corrected chi connectivity index (χ0v) is 8.02. The number of fused-ring (bicyclic) bond motifs is 2. The van der Waals surface area contributed by atoms with Gasteiger partial charge in [0.1, 0.15) is 6.10 Å². The maximum absolute atomic E-state index is 11.2. The van der Waals surface area contributed by atoms with E-state index < -0.39 is 0 Å². The maximum atomic E-state index is 11.2. The van der Waals surface area contributed by atoms with Crippen LogP contribution in [0.2, 0.25) is 0 Å². The van der Waals surface area contributed by atoms with Crippen molar-refractivity contribution in [2.24, 2.45) is 10.8 Å².